The van der Waals surface area contributed by atoms with Gasteiger partial charge < -0.3 is 14.7 Å². The number of aryl methyl sites for hydroxylation is 3. The number of carbonyl (C=O) groups excluding carboxylic acids is 1. The van der Waals surface area contributed by atoms with Crippen LogP contribution in [0.5, 0.6) is 0 Å². The molecule has 0 unspecified atom stereocenters. The lowest BCUT2D eigenvalue weighted by Crippen LogP contribution is -2.56. The van der Waals surface area contributed by atoms with Crippen molar-refractivity contribution in [2.75, 3.05) is 26.3 Å². The molecule has 0 aliphatic carbocycles. The number of benzene rings is 1. The molecule has 0 bridgehead atoms. The summed E-state index contributed by atoms with van der Waals surface area (Å²) in [4.78, 5) is 14.5. The van der Waals surface area contributed by atoms with Crippen LogP contribution >= 0.6 is 0 Å². The van der Waals surface area contributed by atoms with Gasteiger partial charge in [0, 0.05) is 31.6 Å². The Morgan fingerprint density at radius 3 is 2.73 bits per heavy atom. The maximum Gasteiger partial charge on any atom is 0.224 e. The smallest absolute Gasteiger partial charge is 0.224 e. The first-order valence-electron chi connectivity index (χ1n) is 9.09. The third-order valence-corrected chi connectivity index (χ3v) is 4.90. The first-order valence-corrected chi connectivity index (χ1v) is 9.09. The standard InChI is InChI=1S/C20H27N3O3/c1-16-12-17(2)23(21-16)9-8-19(25)22-10-11-26-20(14-22,15-24)13-18-6-4-3-5-7-18/h3-7,12,24H,8-11,13-15H2,1-2H3/t20-/m1/s1. The van der Waals surface area contributed by atoms with Crippen LogP contribution in [0.2, 0.25) is 0 Å². The van der Waals surface area contributed by atoms with Crippen LogP contribution < -0.4 is 0 Å². The number of ether oxygens (including phenoxy) is 1. The molecule has 1 aliphatic heterocycles. The van der Waals surface area contributed by atoms with Crippen molar-refractivity contribution in [3.63, 3.8) is 0 Å². The first-order chi connectivity index (χ1) is 12.5. The summed E-state index contributed by atoms with van der Waals surface area (Å²) in [6, 6.07) is 12.0. The average molecular weight is 357 g/mol. The summed E-state index contributed by atoms with van der Waals surface area (Å²) in [5, 5.41) is 14.4. The van der Waals surface area contributed by atoms with Gasteiger partial charge in [-0.15, -0.1) is 0 Å². The third-order valence-electron chi connectivity index (χ3n) is 4.90. The van der Waals surface area contributed by atoms with Crippen molar-refractivity contribution >= 4 is 5.91 Å². The Morgan fingerprint density at radius 2 is 2.08 bits per heavy atom. The van der Waals surface area contributed by atoms with Gasteiger partial charge in [-0.05, 0) is 25.5 Å². The van der Waals surface area contributed by atoms with Crippen molar-refractivity contribution < 1.29 is 14.6 Å². The van der Waals surface area contributed by atoms with Crippen LogP contribution in [-0.4, -0.2) is 57.6 Å². The lowest BCUT2D eigenvalue weighted by Gasteiger charge is -2.42. The molecule has 2 aromatic rings. The van der Waals surface area contributed by atoms with Crippen LogP contribution in [-0.2, 0) is 22.5 Å². The molecule has 1 aromatic heterocycles. The monoisotopic (exact) mass is 357 g/mol. The molecular formula is C20H27N3O3. The highest BCUT2D eigenvalue weighted by atomic mass is 16.5. The van der Waals surface area contributed by atoms with E-state index >= 15 is 0 Å². The maximum absolute atomic E-state index is 12.7. The minimum absolute atomic E-state index is 0.0757. The van der Waals surface area contributed by atoms with Gasteiger partial charge in [0.05, 0.1) is 25.5 Å². The molecular weight excluding hydrogens is 330 g/mol. The normalized spacial score (nSPS) is 20.3. The molecule has 0 saturated carbocycles. The van der Waals surface area contributed by atoms with E-state index in [2.05, 4.69) is 5.10 Å². The topological polar surface area (TPSA) is 67.6 Å². The molecule has 6 nitrogen and oxygen atoms in total. The Kier molecular flexibility index (Phi) is 5.74. The molecule has 1 fully saturated rings. The van der Waals surface area contributed by atoms with E-state index in [4.69, 9.17) is 4.74 Å². The molecule has 140 valence electrons. The molecule has 0 spiro atoms. The fraction of sp³-hybridized carbons (Fsp3) is 0.500. The number of aliphatic hydroxyl groups excluding tert-OH is 1. The molecule has 1 N–H and O–H groups in total. The minimum Gasteiger partial charge on any atom is -0.393 e. The number of aliphatic hydroxyl groups is 1. The summed E-state index contributed by atoms with van der Waals surface area (Å²) in [6.45, 7) is 5.83. The summed E-state index contributed by atoms with van der Waals surface area (Å²) in [5.74, 6) is 0.0757. The van der Waals surface area contributed by atoms with E-state index in [0.29, 0.717) is 39.1 Å². The number of hydrogen-bond donors (Lipinski definition) is 1. The van der Waals surface area contributed by atoms with Crippen LogP contribution in [0.25, 0.3) is 0 Å². The zero-order valence-corrected chi connectivity index (χ0v) is 15.5. The third kappa shape index (κ3) is 4.31. The largest absolute Gasteiger partial charge is 0.393 e. The lowest BCUT2D eigenvalue weighted by molar-refractivity contribution is -0.158. The van der Waals surface area contributed by atoms with Crippen LogP contribution in [0.15, 0.2) is 36.4 Å². The highest BCUT2D eigenvalue weighted by Gasteiger charge is 2.38. The van der Waals surface area contributed by atoms with Crippen LogP contribution in [0.1, 0.15) is 23.4 Å². The summed E-state index contributed by atoms with van der Waals surface area (Å²) < 4.78 is 7.79. The predicted molar refractivity (Wildman–Crippen MR) is 98.8 cm³/mol. The van der Waals surface area contributed by atoms with Crippen molar-refractivity contribution in [3.05, 3.63) is 53.3 Å². The number of aromatic nitrogens is 2. The molecule has 2 heterocycles. The van der Waals surface area contributed by atoms with Gasteiger partial charge in [-0.25, -0.2) is 0 Å². The lowest BCUT2D eigenvalue weighted by atomic mass is 9.93. The van der Waals surface area contributed by atoms with E-state index in [0.717, 1.165) is 17.0 Å². The summed E-state index contributed by atoms with van der Waals surface area (Å²) in [6.07, 6.45) is 0.986. The van der Waals surface area contributed by atoms with Gasteiger partial charge in [0.15, 0.2) is 0 Å². The maximum atomic E-state index is 12.7. The van der Waals surface area contributed by atoms with Gasteiger partial charge in [-0.1, -0.05) is 30.3 Å². The molecule has 1 aromatic carbocycles. The summed E-state index contributed by atoms with van der Waals surface area (Å²) >= 11 is 0. The number of hydrogen-bond acceptors (Lipinski definition) is 4. The van der Waals surface area contributed by atoms with Crippen molar-refractivity contribution in [1.82, 2.24) is 14.7 Å². The molecule has 1 aliphatic rings. The van der Waals surface area contributed by atoms with Crippen LogP contribution in [0.3, 0.4) is 0 Å². The van der Waals surface area contributed by atoms with E-state index in [9.17, 15) is 9.90 Å². The second kappa shape index (κ2) is 8.01. The van der Waals surface area contributed by atoms with E-state index in [-0.39, 0.29) is 12.5 Å². The van der Waals surface area contributed by atoms with Crippen LogP contribution in [0, 0.1) is 13.8 Å². The number of rotatable bonds is 6. The fourth-order valence-electron chi connectivity index (χ4n) is 3.55. The van der Waals surface area contributed by atoms with E-state index in [1.165, 1.54) is 0 Å². The van der Waals surface area contributed by atoms with E-state index < -0.39 is 5.60 Å². The van der Waals surface area contributed by atoms with Crippen molar-refractivity contribution in [3.8, 4) is 0 Å². The Balaban J connectivity index is 1.62. The zero-order chi connectivity index (χ0) is 18.6. The van der Waals surface area contributed by atoms with Gasteiger partial charge in [0.25, 0.3) is 0 Å². The molecule has 26 heavy (non-hydrogen) atoms. The van der Waals surface area contributed by atoms with Crippen molar-refractivity contribution in [2.24, 2.45) is 0 Å². The Labute approximate surface area is 154 Å². The Hall–Kier alpha value is -2.18. The van der Waals surface area contributed by atoms with Gasteiger partial charge in [-0.2, -0.15) is 5.10 Å². The van der Waals surface area contributed by atoms with Crippen LogP contribution in [0.4, 0.5) is 0 Å². The number of nitrogens with zero attached hydrogens (tertiary/aromatic N) is 3. The fourth-order valence-corrected chi connectivity index (χ4v) is 3.55. The number of carbonyl (C=O) groups is 1. The summed E-state index contributed by atoms with van der Waals surface area (Å²) in [5.41, 5.74) is 2.39. The molecule has 1 amide bonds. The predicted octanol–water partition coefficient (Wildman–Crippen LogP) is 1.72. The van der Waals surface area contributed by atoms with Gasteiger partial charge in [0.1, 0.15) is 5.60 Å². The quantitative estimate of drug-likeness (QED) is 0.855. The van der Waals surface area contributed by atoms with Crippen molar-refractivity contribution in [1.29, 1.82) is 0 Å². The average Bonchev–Trinajstić information content (AvgIpc) is 2.98. The van der Waals surface area contributed by atoms with E-state index in [1.807, 2.05) is 59.8 Å². The van der Waals surface area contributed by atoms with Gasteiger partial charge >= 0.3 is 0 Å². The van der Waals surface area contributed by atoms with Gasteiger partial charge in [-0.3, -0.25) is 9.48 Å². The highest BCUT2D eigenvalue weighted by molar-refractivity contribution is 5.76. The van der Waals surface area contributed by atoms with Crippen molar-refractivity contribution in [2.45, 2.75) is 38.8 Å². The minimum atomic E-state index is -0.729. The number of morpholine rings is 1. The highest BCUT2D eigenvalue weighted by Crippen LogP contribution is 2.23. The molecule has 6 heteroatoms. The Morgan fingerprint density at radius 1 is 1.31 bits per heavy atom. The first kappa shape index (κ1) is 18.6. The summed E-state index contributed by atoms with van der Waals surface area (Å²) in [7, 11) is 0. The molecule has 0 radical (unpaired) electrons. The molecule has 1 atom stereocenters. The van der Waals surface area contributed by atoms with E-state index in [1.54, 1.807) is 0 Å². The Bertz CT molecular complexity index is 744. The second-order valence-corrected chi connectivity index (χ2v) is 7.07. The number of amides is 1. The zero-order valence-electron chi connectivity index (χ0n) is 15.5. The molecule has 1 saturated heterocycles. The van der Waals surface area contributed by atoms with Gasteiger partial charge in [0.2, 0.25) is 5.91 Å². The molecule has 3 rings (SSSR count). The second-order valence-electron chi connectivity index (χ2n) is 7.07. The SMILES string of the molecule is Cc1cc(C)n(CCC(=O)N2CCO[C@](CO)(Cc3ccccc3)C2)n1.